The van der Waals surface area contributed by atoms with Crippen molar-refractivity contribution in [2.75, 3.05) is 0 Å². The van der Waals surface area contributed by atoms with Crippen molar-refractivity contribution < 1.29 is 0 Å². The Morgan fingerprint density at radius 2 is 0.195 bits per heavy atom. The highest BCUT2D eigenvalue weighted by Crippen LogP contribution is 2.82. The van der Waals surface area contributed by atoms with Crippen LogP contribution in [0.25, 0.3) is 0 Å². The van der Waals surface area contributed by atoms with Gasteiger partial charge in [0.15, 0.2) is 4.29 Å². The Balaban J connectivity index is 7.41. The highest BCUT2D eigenvalue weighted by molar-refractivity contribution is 9.43. The monoisotopic (exact) mass is 2370 g/mol. The van der Waals surface area contributed by atoms with Gasteiger partial charge in [0.25, 0.3) is 0 Å². The van der Waals surface area contributed by atoms with E-state index in [1.165, 1.54) is 0 Å². The molecule has 41 heavy (non-hydrogen) atoms. The summed E-state index contributed by atoms with van der Waals surface area (Å²) in [5, 5.41) is 0. The average Bonchev–Trinajstić information content (AvgIpc) is 2.70. The van der Waals surface area contributed by atoms with Crippen LogP contribution in [0.15, 0.2) is 0 Å². The van der Waals surface area contributed by atoms with Crippen LogP contribution in [0.1, 0.15) is 0 Å². The molecule has 28 heteroatoms. The Labute approximate surface area is 473 Å². The van der Waals surface area contributed by atoms with Gasteiger partial charge in [-0.1, -0.05) is 446 Å². The summed E-state index contributed by atoms with van der Waals surface area (Å²) in [6.07, 6.45) is 0. The van der Waals surface area contributed by atoms with Gasteiger partial charge in [-0.2, -0.15) is 0 Å². The zero-order valence-electron chi connectivity index (χ0n) is 17.1. The number of rotatable bonds is 10. The fourth-order valence-corrected chi connectivity index (χ4v) is 28.6. The normalized spacial score (nSPS) is 17.3. The summed E-state index contributed by atoms with van der Waals surface area (Å²) < 4.78 is -14.1. The van der Waals surface area contributed by atoms with Gasteiger partial charge in [-0.25, -0.2) is 0 Å². The second-order valence-electron chi connectivity index (χ2n) is 7.31. The molecule has 248 valence electrons. The van der Waals surface area contributed by atoms with Gasteiger partial charge in [0.2, 0.25) is 0 Å². The van der Waals surface area contributed by atoms with Crippen molar-refractivity contribution in [2.24, 2.45) is 0 Å². The molecule has 0 aromatic heterocycles. The molecule has 0 aromatic carbocycles. The lowest BCUT2D eigenvalue weighted by Crippen LogP contribution is -2.72. The maximum atomic E-state index is 3.96. The first-order valence-electron chi connectivity index (χ1n) is 8.29. The summed E-state index contributed by atoms with van der Waals surface area (Å²) >= 11 is 107. The van der Waals surface area contributed by atoms with E-state index in [1.54, 1.807) is 0 Å². The number of alkyl halides is 28. The van der Waals surface area contributed by atoms with Crippen molar-refractivity contribution in [3.05, 3.63) is 0 Å². The SMILES string of the molecule is BrC(Br)(Br)C(Br)(Br)C(Br)(Br)C(Br)(Br)C(Br)(Br)C(Br)(Br)C(Br)(Br)C(Br)(Br)C(Br)(Br)C(Br)(Br)C(Br)(Br)C(Br)(Br)C(Br)(Br)Br. The molecule has 0 N–H and O–H groups in total. The van der Waals surface area contributed by atoms with E-state index < -0.39 is 39.9 Å². The predicted octanol–water partition coefficient (Wildman–Crippen LogP) is 21.0. The van der Waals surface area contributed by atoms with E-state index in [-0.39, 0.29) is 0 Å². The maximum Gasteiger partial charge on any atom is 0.162 e. The van der Waals surface area contributed by atoms with Gasteiger partial charge in [0.1, 0.15) is 35.6 Å². The zero-order valence-corrected chi connectivity index (χ0v) is 61.5. The van der Waals surface area contributed by atoms with E-state index in [0.717, 1.165) is 0 Å². The average molecular weight is 2390 g/mol. The highest BCUT2D eigenvalue weighted by Gasteiger charge is 2.82. The van der Waals surface area contributed by atoms with Gasteiger partial charge in [-0.3, -0.25) is 0 Å². The second kappa shape index (κ2) is 17.6. The quantitative estimate of drug-likeness (QED) is 0.191. The molecule has 0 aliphatic rings. The van der Waals surface area contributed by atoms with Crippen LogP contribution in [-0.2, 0) is 0 Å². The van der Waals surface area contributed by atoms with Gasteiger partial charge in [-0.05, 0) is 0 Å². The summed E-state index contributed by atoms with van der Waals surface area (Å²) in [6.45, 7) is 0. The fraction of sp³-hybridized carbons (Fsp3) is 1.00. The lowest BCUT2D eigenvalue weighted by atomic mass is 10.0. The van der Waals surface area contributed by atoms with Crippen molar-refractivity contribution in [1.29, 1.82) is 0 Å². The minimum absolute atomic E-state index is 0.861. The molecule has 0 unspecified atom stereocenters. The topological polar surface area (TPSA) is 0 Å². The molecule has 0 saturated heterocycles. The third-order valence-corrected chi connectivity index (χ3v) is 62.1. The fourth-order valence-electron chi connectivity index (χ4n) is 2.13. The summed E-state index contributed by atoms with van der Waals surface area (Å²) in [7, 11) is 0. The summed E-state index contributed by atoms with van der Waals surface area (Å²) in [5.41, 5.74) is 0. The van der Waals surface area contributed by atoms with Crippen LogP contribution < -0.4 is 0 Å². The van der Waals surface area contributed by atoms with E-state index in [2.05, 4.69) is 446 Å². The molecule has 0 bridgehead atoms. The van der Waals surface area contributed by atoms with Crippen LogP contribution >= 0.6 is 446 Å². The smallest absolute Gasteiger partial charge is 0.0675 e. The molecule has 0 spiro atoms. The van der Waals surface area contributed by atoms with Crippen LogP contribution in [0.2, 0.25) is 0 Å². The Morgan fingerprint density at radius 3 is 0.268 bits per heavy atom. The first-order chi connectivity index (χ1) is 17.0. The molecule has 0 heterocycles. The molecule has 0 radical (unpaired) electrons. The molecule has 0 saturated carbocycles. The molecule has 0 nitrogen and oxygen atoms in total. The first kappa shape index (κ1) is 54.4. The molecular formula is C13Br28. The minimum Gasteiger partial charge on any atom is -0.0675 e. The third kappa shape index (κ3) is 9.59. The number of halogens is 28. The summed E-state index contributed by atoms with van der Waals surface area (Å²) in [4.78, 5) is 0. The van der Waals surface area contributed by atoms with Gasteiger partial charge in [0.05, 0.1) is 0 Å². The Morgan fingerprint density at radius 1 is 0.122 bits per heavy atom. The first-order valence-corrected chi connectivity index (χ1v) is 30.5. The van der Waals surface area contributed by atoms with E-state index in [1.807, 2.05) is 0 Å². The van der Waals surface area contributed by atoms with Crippen LogP contribution in [0.4, 0.5) is 0 Å². The standard InChI is InChI=1S/C13Br28/c14-1(15,2(16,17)4(20,21)6(24,25)8(28,29)10(32,33)12(36,37)38)3(18,19)5(22,23)7(26,27)9(30,31)11(34,35)13(39,40)41. The van der Waals surface area contributed by atoms with Crippen LogP contribution in [0.3, 0.4) is 0 Å². The zero-order chi connectivity index (χ0) is 34.5. The summed E-state index contributed by atoms with van der Waals surface area (Å²) in [6, 6.07) is 0. The Kier molecular flexibility index (Phi) is 23.3. The van der Waals surface area contributed by atoms with Crippen molar-refractivity contribution in [3.63, 3.8) is 0 Å². The summed E-state index contributed by atoms with van der Waals surface area (Å²) in [5.74, 6) is 0. The van der Waals surface area contributed by atoms with Gasteiger partial charge in [0, 0.05) is 0 Å². The van der Waals surface area contributed by atoms with Crippen molar-refractivity contribution in [3.8, 4) is 0 Å². The van der Waals surface area contributed by atoms with Gasteiger partial charge < -0.3 is 0 Å². The van der Waals surface area contributed by atoms with E-state index >= 15 is 0 Å². The van der Waals surface area contributed by atoms with E-state index in [9.17, 15) is 0 Å². The van der Waals surface area contributed by atoms with E-state index in [4.69, 9.17) is 0 Å². The lowest BCUT2D eigenvalue weighted by molar-refractivity contribution is 0.542. The van der Waals surface area contributed by atoms with Crippen LogP contribution in [-0.4, -0.2) is 39.9 Å². The molecule has 0 atom stereocenters. The van der Waals surface area contributed by atoms with Crippen molar-refractivity contribution >= 4 is 446 Å². The Bertz CT molecular complexity index is 878. The van der Waals surface area contributed by atoms with Crippen molar-refractivity contribution in [1.82, 2.24) is 0 Å². The van der Waals surface area contributed by atoms with Crippen LogP contribution in [0, 0.1) is 0 Å². The molecule has 0 rings (SSSR count). The second-order valence-corrected chi connectivity index (χ2v) is 58.7. The lowest BCUT2D eigenvalue weighted by Gasteiger charge is -2.61. The molecule has 0 aliphatic heterocycles. The Hall–Kier alpha value is 13.4. The maximum absolute atomic E-state index is 3.96. The predicted molar refractivity (Wildman–Crippen MR) is 285 cm³/mol. The number of hydrogen-bond donors (Lipinski definition) is 0. The highest BCUT2D eigenvalue weighted by atomic mass is 80.0. The minimum atomic E-state index is -1.21. The third-order valence-electron chi connectivity index (χ3n) is 4.66. The number of hydrogen-bond acceptors (Lipinski definition) is 0. The molecule has 0 amide bonds. The largest absolute Gasteiger partial charge is 0.162 e. The van der Waals surface area contributed by atoms with Gasteiger partial charge >= 0.3 is 0 Å². The van der Waals surface area contributed by atoms with Crippen LogP contribution in [0.5, 0.6) is 0 Å². The van der Waals surface area contributed by atoms with Crippen molar-refractivity contribution in [2.45, 2.75) is 39.9 Å². The molecular weight excluding hydrogens is 2390 g/mol. The molecule has 0 aromatic rings. The molecule has 0 aliphatic carbocycles. The van der Waals surface area contributed by atoms with E-state index in [0.29, 0.717) is 0 Å². The van der Waals surface area contributed by atoms with Gasteiger partial charge in [-0.15, -0.1) is 0 Å². The molecule has 0 fully saturated rings.